The maximum absolute atomic E-state index is 11.0. The number of carboxylic acids is 1. The lowest BCUT2D eigenvalue weighted by Crippen LogP contribution is -2.27. The van der Waals surface area contributed by atoms with Gasteiger partial charge in [-0.05, 0) is 61.6 Å². The summed E-state index contributed by atoms with van der Waals surface area (Å²) in [4.78, 5) is 11.0. The van der Waals surface area contributed by atoms with Gasteiger partial charge in [-0.15, -0.1) is 0 Å². The summed E-state index contributed by atoms with van der Waals surface area (Å²) in [5.41, 5.74) is 0.837. The van der Waals surface area contributed by atoms with E-state index in [1.807, 2.05) is 26.8 Å². The van der Waals surface area contributed by atoms with Crippen molar-refractivity contribution in [2.75, 3.05) is 5.32 Å². The summed E-state index contributed by atoms with van der Waals surface area (Å²) in [5.74, 6) is -0.903. The smallest absolute Gasteiger partial charge is 0.337 e. The lowest BCUT2D eigenvalue weighted by molar-refractivity contribution is 0.0698. The van der Waals surface area contributed by atoms with Crippen LogP contribution >= 0.6 is 22.6 Å². The number of carbonyl (C=O) groups is 1. The molecule has 0 radical (unpaired) electrons. The fraction of sp³-hybridized carbons (Fsp3) is 0.364. The maximum Gasteiger partial charge on any atom is 0.337 e. The number of rotatable bonds is 2. The van der Waals surface area contributed by atoms with Gasteiger partial charge in [0.2, 0.25) is 0 Å². The molecule has 0 aliphatic rings. The molecular weight excluding hydrogens is 305 g/mol. The van der Waals surface area contributed by atoms with Crippen LogP contribution in [0.2, 0.25) is 0 Å². The number of halogens is 1. The molecule has 15 heavy (non-hydrogen) atoms. The fourth-order valence-corrected chi connectivity index (χ4v) is 1.70. The first kappa shape index (κ1) is 12.3. The second-order valence-corrected chi connectivity index (χ2v) is 5.62. The first-order valence-electron chi connectivity index (χ1n) is 4.60. The van der Waals surface area contributed by atoms with Crippen molar-refractivity contribution in [3.05, 3.63) is 27.3 Å². The Morgan fingerprint density at radius 2 is 2.00 bits per heavy atom. The van der Waals surface area contributed by atoms with Crippen LogP contribution in [-0.4, -0.2) is 16.6 Å². The number of carboxylic acid groups (broad SMARTS) is 1. The lowest BCUT2D eigenvalue weighted by atomic mass is 10.1. The predicted molar refractivity (Wildman–Crippen MR) is 69.5 cm³/mol. The van der Waals surface area contributed by atoms with Crippen molar-refractivity contribution < 1.29 is 9.90 Å². The Hall–Kier alpha value is -0.780. The summed E-state index contributed by atoms with van der Waals surface area (Å²) in [6, 6.07) is 5.36. The summed E-state index contributed by atoms with van der Waals surface area (Å²) in [7, 11) is 0. The van der Waals surface area contributed by atoms with Gasteiger partial charge >= 0.3 is 5.97 Å². The Balaban J connectivity index is 3.12. The Labute approximate surface area is 103 Å². The van der Waals surface area contributed by atoms with E-state index in [4.69, 9.17) is 5.11 Å². The molecule has 0 spiro atoms. The first-order valence-corrected chi connectivity index (χ1v) is 5.68. The second-order valence-electron chi connectivity index (χ2n) is 4.37. The molecule has 0 amide bonds. The third-order valence-electron chi connectivity index (χ3n) is 1.72. The number of hydrogen-bond acceptors (Lipinski definition) is 2. The number of hydrogen-bond donors (Lipinski definition) is 2. The van der Waals surface area contributed by atoms with Gasteiger partial charge in [-0.3, -0.25) is 0 Å². The lowest BCUT2D eigenvalue weighted by Gasteiger charge is -2.23. The highest BCUT2D eigenvalue weighted by Gasteiger charge is 2.15. The second kappa shape index (κ2) is 4.38. The van der Waals surface area contributed by atoms with E-state index in [-0.39, 0.29) is 5.54 Å². The Kier molecular flexibility index (Phi) is 3.59. The van der Waals surface area contributed by atoms with Crippen molar-refractivity contribution in [3.63, 3.8) is 0 Å². The van der Waals surface area contributed by atoms with Crippen LogP contribution in [0.5, 0.6) is 0 Å². The number of anilines is 1. The van der Waals surface area contributed by atoms with Crippen LogP contribution in [0.3, 0.4) is 0 Å². The van der Waals surface area contributed by atoms with Crippen molar-refractivity contribution in [2.24, 2.45) is 0 Å². The molecule has 0 saturated carbocycles. The minimum absolute atomic E-state index is 0.142. The molecule has 0 bridgehead atoms. The van der Waals surface area contributed by atoms with Gasteiger partial charge in [0.25, 0.3) is 0 Å². The van der Waals surface area contributed by atoms with E-state index in [1.165, 1.54) is 0 Å². The quantitative estimate of drug-likeness (QED) is 0.823. The summed E-state index contributed by atoms with van der Waals surface area (Å²) >= 11 is 2.10. The van der Waals surface area contributed by atoms with Crippen molar-refractivity contribution in [1.82, 2.24) is 0 Å². The Bertz CT molecular complexity index is 383. The molecule has 4 heteroatoms. The molecule has 0 aromatic heterocycles. The van der Waals surface area contributed by atoms with E-state index < -0.39 is 5.97 Å². The van der Waals surface area contributed by atoms with Gasteiger partial charge in [0, 0.05) is 14.8 Å². The molecule has 0 heterocycles. The summed E-state index contributed by atoms with van der Waals surface area (Å²) in [6.07, 6.45) is 0. The summed E-state index contributed by atoms with van der Waals surface area (Å²) in [5, 5.41) is 12.2. The van der Waals surface area contributed by atoms with Crippen LogP contribution < -0.4 is 5.32 Å². The van der Waals surface area contributed by atoms with Crippen LogP contribution in [0.25, 0.3) is 0 Å². The average Bonchev–Trinajstić information content (AvgIpc) is 2.05. The molecule has 0 unspecified atom stereocenters. The van der Waals surface area contributed by atoms with Gasteiger partial charge in [-0.2, -0.15) is 0 Å². The third-order valence-corrected chi connectivity index (χ3v) is 2.39. The molecule has 0 aliphatic heterocycles. The van der Waals surface area contributed by atoms with Crippen molar-refractivity contribution >= 4 is 34.2 Å². The monoisotopic (exact) mass is 319 g/mol. The molecule has 1 aromatic rings. The topological polar surface area (TPSA) is 49.3 Å². The molecule has 2 N–H and O–H groups in total. The Morgan fingerprint density at radius 1 is 1.40 bits per heavy atom. The zero-order chi connectivity index (χ0) is 11.6. The number of aromatic carboxylic acids is 1. The number of nitrogens with one attached hydrogen (secondary N) is 1. The molecule has 3 nitrogen and oxygen atoms in total. The maximum atomic E-state index is 11.0. The Morgan fingerprint density at radius 3 is 2.47 bits per heavy atom. The van der Waals surface area contributed by atoms with E-state index in [2.05, 4.69) is 27.9 Å². The average molecular weight is 319 g/mol. The third kappa shape index (κ3) is 3.70. The van der Waals surface area contributed by atoms with E-state index in [0.29, 0.717) is 11.3 Å². The van der Waals surface area contributed by atoms with Crippen molar-refractivity contribution in [3.8, 4) is 0 Å². The van der Waals surface area contributed by atoms with Crippen LogP contribution in [0.1, 0.15) is 31.1 Å². The molecule has 1 aromatic carbocycles. The minimum Gasteiger partial charge on any atom is -0.478 e. The zero-order valence-corrected chi connectivity index (χ0v) is 11.1. The summed E-state index contributed by atoms with van der Waals surface area (Å²) < 4.78 is 0.921. The van der Waals surface area contributed by atoms with Gasteiger partial charge < -0.3 is 10.4 Å². The standard InChI is InChI=1S/C11H14INO2/c1-11(2,3)13-9-5-4-7(12)6-8(9)10(14)15/h4-6,13H,1-3H3,(H,14,15). The van der Waals surface area contributed by atoms with E-state index in [9.17, 15) is 4.79 Å². The molecule has 1 rings (SSSR count). The van der Waals surface area contributed by atoms with E-state index in [0.717, 1.165) is 3.57 Å². The van der Waals surface area contributed by atoms with Crippen LogP contribution in [0, 0.1) is 3.57 Å². The first-order chi connectivity index (χ1) is 6.79. The molecule has 0 saturated heterocycles. The highest BCUT2D eigenvalue weighted by molar-refractivity contribution is 14.1. The number of benzene rings is 1. The van der Waals surface area contributed by atoms with Gasteiger partial charge in [0.1, 0.15) is 0 Å². The summed E-state index contributed by atoms with van der Waals surface area (Å²) in [6.45, 7) is 5.99. The van der Waals surface area contributed by atoms with Crippen LogP contribution in [0.4, 0.5) is 5.69 Å². The minimum atomic E-state index is -0.903. The van der Waals surface area contributed by atoms with Gasteiger partial charge in [0.05, 0.1) is 5.56 Å². The van der Waals surface area contributed by atoms with Gasteiger partial charge in [-0.25, -0.2) is 4.79 Å². The van der Waals surface area contributed by atoms with E-state index in [1.54, 1.807) is 12.1 Å². The van der Waals surface area contributed by atoms with Crippen molar-refractivity contribution in [1.29, 1.82) is 0 Å². The highest BCUT2D eigenvalue weighted by atomic mass is 127. The normalized spacial score (nSPS) is 11.2. The molecule has 82 valence electrons. The van der Waals surface area contributed by atoms with Crippen LogP contribution in [0.15, 0.2) is 18.2 Å². The van der Waals surface area contributed by atoms with Gasteiger partial charge in [0.15, 0.2) is 0 Å². The zero-order valence-electron chi connectivity index (χ0n) is 8.97. The van der Waals surface area contributed by atoms with Crippen LogP contribution in [-0.2, 0) is 0 Å². The molecule has 0 aliphatic carbocycles. The predicted octanol–water partition coefficient (Wildman–Crippen LogP) is 3.20. The highest BCUT2D eigenvalue weighted by Crippen LogP contribution is 2.22. The molecule has 0 atom stereocenters. The largest absolute Gasteiger partial charge is 0.478 e. The van der Waals surface area contributed by atoms with Crippen molar-refractivity contribution in [2.45, 2.75) is 26.3 Å². The fourth-order valence-electron chi connectivity index (χ4n) is 1.21. The molecular formula is C11H14INO2. The van der Waals surface area contributed by atoms with E-state index >= 15 is 0 Å². The molecule has 0 fully saturated rings. The van der Waals surface area contributed by atoms with Gasteiger partial charge in [-0.1, -0.05) is 0 Å². The SMILES string of the molecule is CC(C)(C)Nc1ccc(I)cc1C(=O)O.